The minimum atomic E-state index is -0.422. The molecule has 0 aliphatic heterocycles. The number of hydrogen-bond acceptors (Lipinski definition) is 5. The van der Waals surface area contributed by atoms with Crippen LogP contribution in [0.5, 0.6) is 5.75 Å². The third-order valence-electron chi connectivity index (χ3n) is 5.34. The maximum Gasteiger partial charge on any atom is 0.308 e. The molecule has 1 saturated carbocycles. The van der Waals surface area contributed by atoms with Crippen molar-refractivity contribution in [2.24, 2.45) is 5.10 Å². The Kier molecular flexibility index (Phi) is 6.67. The lowest BCUT2D eigenvalue weighted by molar-refractivity contribution is -0.131. The van der Waals surface area contributed by atoms with Gasteiger partial charge in [0.05, 0.1) is 17.1 Å². The molecule has 0 unspecified atom stereocenters. The number of fused-ring (bicyclic) bond motifs is 1. The van der Waals surface area contributed by atoms with E-state index in [-0.39, 0.29) is 11.5 Å². The fraction of sp³-hybridized carbons (Fsp3) is 0.304. The number of hydrogen-bond donors (Lipinski definition) is 0. The Balaban J connectivity index is 1.86. The van der Waals surface area contributed by atoms with Gasteiger partial charge in [-0.25, -0.2) is 4.98 Å². The number of halogens is 2. The number of carbonyl (C=O) groups excluding carboxylic acids is 1. The van der Waals surface area contributed by atoms with Crippen LogP contribution in [0.15, 0.2) is 55.2 Å². The number of rotatable bonds is 4. The van der Waals surface area contributed by atoms with Crippen molar-refractivity contribution in [2.45, 2.75) is 44.9 Å². The summed E-state index contributed by atoms with van der Waals surface area (Å²) >= 11 is 6.87. The van der Waals surface area contributed by atoms with Crippen molar-refractivity contribution in [1.29, 1.82) is 0 Å². The van der Waals surface area contributed by atoms with Gasteiger partial charge in [0.2, 0.25) is 0 Å². The Morgan fingerprint density at radius 3 is 2.58 bits per heavy atom. The molecule has 3 aromatic rings. The fourth-order valence-corrected chi connectivity index (χ4v) is 4.63. The molecule has 2 aromatic carbocycles. The average Bonchev–Trinajstić information content (AvgIpc) is 2.75. The van der Waals surface area contributed by atoms with Crippen molar-refractivity contribution in [3.63, 3.8) is 0 Å². The smallest absolute Gasteiger partial charge is 0.308 e. The summed E-state index contributed by atoms with van der Waals surface area (Å²) in [6, 6.07) is 10.8. The van der Waals surface area contributed by atoms with Crippen LogP contribution in [-0.4, -0.2) is 21.8 Å². The monoisotopic (exact) mass is 545 g/mol. The fourth-order valence-electron chi connectivity index (χ4n) is 3.89. The van der Waals surface area contributed by atoms with Crippen LogP contribution in [0.25, 0.3) is 10.9 Å². The molecule has 0 amide bonds. The first-order valence-electron chi connectivity index (χ1n) is 10.2. The largest absolute Gasteiger partial charge is 0.426 e. The molecule has 0 radical (unpaired) electrons. The van der Waals surface area contributed by atoms with E-state index in [1.807, 2.05) is 12.1 Å². The van der Waals surface area contributed by atoms with E-state index in [1.165, 1.54) is 18.0 Å². The van der Waals surface area contributed by atoms with E-state index in [2.05, 4.69) is 37.0 Å². The Morgan fingerprint density at radius 1 is 1.13 bits per heavy atom. The second kappa shape index (κ2) is 9.44. The van der Waals surface area contributed by atoms with Gasteiger partial charge in [-0.1, -0.05) is 51.1 Å². The van der Waals surface area contributed by atoms with Gasteiger partial charge in [-0.2, -0.15) is 9.78 Å². The van der Waals surface area contributed by atoms with Crippen LogP contribution in [-0.2, 0) is 4.79 Å². The highest BCUT2D eigenvalue weighted by molar-refractivity contribution is 9.10. The molecule has 1 aliphatic carbocycles. The number of carbonyl (C=O) groups is 1. The van der Waals surface area contributed by atoms with Gasteiger partial charge in [0.25, 0.3) is 5.56 Å². The van der Waals surface area contributed by atoms with Crippen LogP contribution in [0.2, 0.25) is 0 Å². The van der Waals surface area contributed by atoms with Crippen LogP contribution in [0.4, 0.5) is 0 Å². The number of nitrogens with zero attached hydrogens (tertiary/aromatic N) is 3. The molecular weight excluding hydrogens is 526 g/mol. The van der Waals surface area contributed by atoms with Gasteiger partial charge in [-0.15, -0.1) is 0 Å². The Morgan fingerprint density at radius 2 is 1.84 bits per heavy atom. The van der Waals surface area contributed by atoms with Crippen LogP contribution in [0.1, 0.15) is 56.3 Å². The lowest BCUT2D eigenvalue weighted by atomic mass is 9.88. The highest BCUT2D eigenvalue weighted by atomic mass is 79.9. The van der Waals surface area contributed by atoms with E-state index < -0.39 is 5.97 Å². The molecule has 8 heteroatoms. The van der Waals surface area contributed by atoms with Crippen molar-refractivity contribution in [3.05, 3.63) is 67.1 Å². The molecule has 6 nitrogen and oxygen atoms in total. The minimum absolute atomic E-state index is 0.182. The summed E-state index contributed by atoms with van der Waals surface area (Å²) in [6.07, 6.45) is 6.95. The molecule has 31 heavy (non-hydrogen) atoms. The molecule has 1 aromatic heterocycles. The topological polar surface area (TPSA) is 73.5 Å². The van der Waals surface area contributed by atoms with Crippen molar-refractivity contribution >= 4 is 54.9 Å². The molecule has 0 bridgehead atoms. The van der Waals surface area contributed by atoms with Crippen LogP contribution in [0, 0.1) is 0 Å². The second-order valence-electron chi connectivity index (χ2n) is 7.60. The summed E-state index contributed by atoms with van der Waals surface area (Å²) in [5.74, 6) is 0.819. The summed E-state index contributed by atoms with van der Waals surface area (Å²) in [6.45, 7) is 1.35. The lowest BCUT2D eigenvalue weighted by Crippen LogP contribution is -2.25. The first-order valence-corrected chi connectivity index (χ1v) is 11.8. The molecule has 1 heterocycles. The number of benzene rings is 2. The highest BCUT2D eigenvalue weighted by Gasteiger charge is 2.22. The van der Waals surface area contributed by atoms with Gasteiger partial charge in [0.15, 0.2) is 0 Å². The van der Waals surface area contributed by atoms with Gasteiger partial charge in [0, 0.05) is 27.4 Å². The molecule has 0 spiro atoms. The maximum atomic E-state index is 13.4. The Hall–Kier alpha value is -2.32. The number of aromatic nitrogens is 2. The molecular formula is C23H21Br2N3O3. The SMILES string of the molecule is CC(=O)Oc1ccc(Br)cc1C=Nn1c(C2CCCCC2)nc2ccc(Br)cc2c1=O. The molecule has 0 atom stereocenters. The third-order valence-corrected chi connectivity index (χ3v) is 6.33. The zero-order valence-electron chi connectivity index (χ0n) is 17.0. The third kappa shape index (κ3) is 4.96. The van der Waals surface area contributed by atoms with Gasteiger partial charge in [-0.05, 0) is 49.2 Å². The maximum absolute atomic E-state index is 13.4. The van der Waals surface area contributed by atoms with E-state index in [9.17, 15) is 9.59 Å². The zero-order valence-corrected chi connectivity index (χ0v) is 20.1. The molecule has 4 rings (SSSR count). The van der Waals surface area contributed by atoms with E-state index in [1.54, 1.807) is 30.5 Å². The average molecular weight is 547 g/mol. The van der Waals surface area contributed by atoms with Crippen molar-refractivity contribution in [1.82, 2.24) is 9.66 Å². The predicted octanol–water partition coefficient (Wildman–Crippen LogP) is 5.78. The molecule has 1 aliphatic rings. The summed E-state index contributed by atoms with van der Waals surface area (Å²) < 4.78 is 8.32. The first-order chi connectivity index (χ1) is 14.9. The number of ether oxygens (including phenoxy) is 1. The Labute approximate surface area is 196 Å². The second-order valence-corrected chi connectivity index (χ2v) is 9.44. The zero-order chi connectivity index (χ0) is 22.0. The van der Waals surface area contributed by atoms with Gasteiger partial charge < -0.3 is 4.74 Å². The quantitative estimate of drug-likeness (QED) is 0.236. The van der Waals surface area contributed by atoms with Gasteiger partial charge in [0.1, 0.15) is 11.6 Å². The van der Waals surface area contributed by atoms with Gasteiger partial charge in [-0.3, -0.25) is 9.59 Å². The molecule has 1 fully saturated rings. The lowest BCUT2D eigenvalue weighted by Gasteiger charge is -2.22. The summed E-state index contributed by atoms with van der Waals surface area (Å²) in [5, 5.41) is 5.03. The predicted molar refractivity (Wildman–Crippen MR) is 128 cm³/mol. The number of esters is 1. The standard InChI is InChI=1S/C23H21Br2N3O3/c1-14(29)31-21-10-8-17(24)11-16(21)13-26-28-22(15-5-3-2-4-6-15)27-20-9-7-18(25)12-19(20)23(28)30/h7-13,15H,2-6H2,1H3. The van der Waals surface area contributed by atoms with Crippen molar-refractivity contribution in [3.8, 4) is 5.75 Å². The molecule has 0 saturated heterocycles. The summed E-state index contributed by atoms with van der Waals surface area (Å²) in [4.78, 5) is 29.7. The summed E-state index contributed by atoms with van der Waals surface area (Å²) in [7, 11) is 0. The van der Waals surface area contributed by atoms with Crippen molar-refractivity contribution < 1.29 is 9.53 Å². The van der Waals surface area contributed by atoms with E-state index >= 15 is 0 Å². The van der Waals surface area contributed by atoms with E-state index in [4.69, 9.17) is 9.72 Å². The van der Waals surface area contributed by atoms with Crippen LogP contribution in [0.3, 0.4) is 0 Å². The molecule has 0 N–H and O–H groups in total. The molecule has 160 valence electrons. The van der Waals surface area contributed by atoms with Crippen molar-refractivity contribution in [2.75, 3.05) is 0 Å². The van der Waals surface area contributed by atoms with Crippen LogP contribution < -0.4 is 10.3 Å². The highest BCUT2D eigenvalue weighted by Crippen LogP contribution is 2.32. The van der Waals surface area contributed by atoms with E-state index in [0.29, 0.717) is 28.0 Å². The summed E-state index contributed by atoms with van der Waals surface area (Å²) in [5.41, 5.74) is 1.04. The minimum Gasteiger partial charge on any atom is -0.426 e. The first kappa shape index (κ1) is 21.9. The van der Waals surface area contributed by atoms with E-state index in [0.717, 1.165) is 34.6 Å². The Bertz CT molecular complexity index is 1230. The van der Waals surface area contributed by atoms with Crippen LogP contribution >= 0.6 is 31.9 Å². The van der Waals surface area contributed by atoms with Gasteiger partial charge >= 0.3 is 5.97 Å². The normalized spacial score (nSPS) is 14.9.